The van der Waals surface area contributed by atoms with Gasteiger partial charge in [-0.2, -0.15) is 0 Å². The second kappa shape index (κ2) is 2.57. The molecule has 60 valence electrons. The van der Waals surface area contributed by atoms with Gasteiger partial charge in [0.2, 0.25) is 0 Å². The summed E-state index contributed by atoms with van der Waals surface area (Å²) in [6.07, 6.45) is 1.59. The van der Waals surface area contributed by atoms with Crippen molar-refractivity contribution in [3.63, 3.8) is 0 Å². The van der Waals surface area contributed by atoms with E-state index >= 15 is 0 Å². The molecule has 2 heterocycles. The highest BCUT2D eigenvalue weighted by Crippen LogP contribution is 2.22. The first-order valence-corrected chi connectivity index (χ1v) is 4.29. The van der Waals surface area contributed by atoms with Crippen molar-refractivity contribution in [3.8, 4) is 0 Å². The van der Waals surface area contributed by atoms with E-state index in [0.717, 1.165) is 10.1 Å². The Kier molecular flexibility index (Phi) is 1.55. The number of thiophene rings is 1. The summed E-state index contributed by atoms with van der Waals surface area (Å²) in [5.41, 5.74) is 5.51. The van der Waals surface area contributed by atoms with Crippen molar-refractivity contribution in [2.45, 2.75) is 0 Å². The van der Waals surface area contributed by atoms with Crippen molar-refractivity contribution in [1.29, 1.82) is 0 Å². The van der Waals surface area contributed by atoms with Gasteiger partial charge in [0.1, 0.15) is 5.69 Å². The fourth-order valence-corrected chi connectivity index (χ4v) is 1.96. The summed E-state index contributed by atoms with van der Waals surface area (Å²) >= 11 is 1.48. The van der Waals surface area contributed by atoms with Crippen LogP contribution >= 0.6 is 11.3 Å². The molecule has 0 saturated carbocycles. The number of pyridine rings is 1. The van der Waals surface area contributed by atoms with Crippen molar-refractivity contribution in [1.82, 2.24) is 4.98 Å². The van der Waals surface area contributed by atoms with Crippen molar-refractivity contribution >= 4 is 27.3 Å². The number of amides is 1. The maximum atomic E-state index is 10.9. The highest BCUT2D eigenvalue weighted by molar-refractivity contribution is 7.17. The molecule has 0 aliphatic rings. The highest BCUT2D eigenvalue weighted by Gasteiger charge is 2.07. The van der Waals surface area contributed by atoms with Crippen LogP contribution in [0.2, 0.25) is 0 Å². The number of nitrogens with zero attached hydrogens (tertiary/aromatic N) is 1. The molecule has 0 aromatic carbocycles. The molecule has 0 bridgehead atoms. The molecule has 0 radical (unpaired) electrons. The third-order valence-electron chi connectivity index (χ3n) is 1.60. The average Bonchev–Trinajstić information content (AvgIpc) is 2.49. The number of carbonyl (C=O) groups excluding carboxylic acids is 1. The number of hydrogen-bond donors (Lipinski definition) is 1. The van der Waals surface area contributed by atoms with Crippen LogP contribution in [0.4, 0.5) is 0 Å². The fraction of sp³-hybridized carbons (Fsp3) is 0. The largest absolute Gasteiger partial charge is 0.364 e. The Morgan fingerprint density at radius 2 is 2.33 bits per heavy atom. The van der Waals surface area contributed by atoms with Gasteiger partial charge < -0.3 is 5.73 Å². The molecule has 0 atom stereocenters. The van der Waals surface area contributed by atoms with Gasteiger partial charge in [-0.05, 0) is 22.9 Å². The molecule has 2 rings (SSSR count). The van der Waals surface area contributed by atoms with Gasteiger partial charge in [-0.1, -0.05) is 0 Å². The first-order chi connectivity index (χ1) is 5.79. The van der Waals surface area contributed by atoms with E-state index in [0.29, 0.717) is 5.69 Å². The third kappa shape index (κ3) is 0.967. The van der Waals surface area contributed by atoms with Crippen molar-refractivity contribution in [2.75, 3.05) is 0 Å². The first-order valence-electron chi connectivity index (χ1n) is 3.41. The minimum atomic E-state index is -0.469. The molecule has 0 aliphatic carbocycles. The average molecular weight is 178 g/mol. The van der Waals surface area contributed by atoms with Crippen LogP contribution in [-0.2, 0) is 0 Å². The van der Waals surface area contributed by atoms with E-state index < -0.39 is 5.91 Å². The van der Waals surface area contributed by atoms with E-state index in [1.165, 1.54) is 11.3 Å². The zero-order valence-corrected chi connectivity index (χ0v) is 6.97. The second-order valence-electron chi connectivity index (χ2n) is 2.36. The quantitative estimate of drug-likeness (QED) is 0.717. The molecule has 1 amide bonds. The van der Waals surface area contributed by atoms with Gasteiger partial charge in [-0.15, -0.1) is 11.3 Å². The fourth-order valence-electron chi connectivity index (χ4n) is 1.07. The maximum Gasteiger partial charge on any atom is 0.268 e. The lowest BCUT2D eigenvalue weighted by Crippen LogP contribution is -2.12. The minimum absolute atomic E-state index is 0.363. The minimum Gasteiger partial charge on any atom is -0.364 e. The lowest BCUT2D eigenvalue weighted by molar-refractivity contribution is 0.0997. The van der Waals surface area contributed by atoms with E-state index in [1.807, 2.05) is 17.5 Å². The van der Waals surface area contributed by atoms with Gasteiger partial charge in [-0.25, -0.2) is 4.98 Å². The van der Waals surface area contributed by atoms with Crippen LogP contribution in [0.5, 0.6) is 0 Å². The van der Waals surface area contributed by atoms with Crippen LogP contribution in [0.1, 0.15) is 10.5 Å². The standard InChI is InChI=1S/C8H6N2OS/c9-8(11)6-7-5(1-3-10-6)2-4-12-7/h1-4H,(H2,9,11). The zero-order valence-electron chi connectivity index (χ0n) is 6.15. The first kappa shape index (κ1) is 7.24. The molecule has 0 fully saturated rings. The van der Waals surface area contributed by atoms with Crippen molar-refractivity contribution < 1.29 is 4.79 Å². The van der Waals surface area contributed by atoms with Crippen LogP contribution in [-0.4, -0.2) is 10.9 Å². The topological polar surface area (TPSA) is 56.0 Å². The number of fused-ring (bicyclic) bond motifs is 1. The smallest absolute Gasteiger partial charge is 0.268 e. The van der Waals surface area contributed by atoms with Gasteiger partial charge in [0, 0.05) is 6.20 Å². The molecule has 0 saturated heterocycles. The molecule has 3 nitrogen and oxygen atoms in total. The Balaban J connectivity index is 2.82. The van der Waals surface area contributed by atoms with Crippen molar-refractivity contribution in [2.24, 2.45) is 5.73 Å². The molecule has 0 spiro atoms. The number of hydrogen-bond acceptors (Lipinski definition) is 3. The summed E-state index contributed by atoms with van der Waals surface area (Å²) in [4.78, 5) is 14.8. The van der Waals surface area contributed by atoms with Gasteiger partial charge in [0.25, 0.3) is 5.91 Å². The van der Waals surface area contributed by atoms with Crippen molar-refractivity contribution in [3.05, 3.63) is 29.4 Å². The maximum absolute atomic E-state index is 10.9. The van der Waals surface area contributed by atoms with Crippen LogP contribution < -0.4 is 5.73 Å². The molecular weight excluding hydrogens is 172 g/mol. The molecule has 0 unspecified atom stereocenters. The predicted octanol–water partition coefficient (Wildman–Crippen LogP) is 1.40. The highest BCUT2D eigenvalue weighted by atomic mass is 32.1. The van der Waals surface area contributed by atoms with E-state index in [2.05, 4.69) is 4.98 Å². The Morgan fingerprint density at radius 1 is 1.50 bits per heavy atom. The Bertz CT molecular complexity index is 435. The lowest BCUT2D eigenvalue weighted by Gasteiger charge is -1.94. The number of carbonyl (C=O) groups is 1. The van der Waals surface area contributed by atoms with E-state index in [4.69, 9.17) is 5.73 Å². The summed E-state index contributed by atoms with van der Waals surface area (Å²) in [6.45, 7) is 0. The number of primary amides is 1. The van der Waals surface area contributed by atoms with Gasteiger partial charge in [0.15, 0.2) is 0 Å². The SMILES string of the molecule is NC(=O)c1nccc2ccsc12. The van der Waals surface area contributed by atoms with E-state index in [9.17, 15) is 4.79 Å². The number of nitrogens with two attached hydrogens (primary N) is 1. The molecular formula is C8H6N2OS. The third-order valence-corrected chi connectivity index (χ3v) is 2.54. The van der Waals surface area contributed by atoms with Crippen LogP contribution in [0.15, 0.2) is 23.7 Å². The van der Waals surface area contributed by atoms with Gasteiger partial charge in [0.05, 0.1) is 4.70 Å². The summed E-state index contributed by atoms with van der Waals surface area (Å²) < 4.78 is 0.866. The molecule has 0 aliphatic heterocycles. The van der Waals surface area contributed by atoms with Crippen LogP contribution in [0.25, 0.3) is 10.1 Å². The monoisotopic (exact) mass is 178 g/mol. The number of rotatable bonds is 1. The summed E-state index contributed by atoms with van der Waals surface area (Å²) in [5.74, 6) is -0.469. The van der Waals surface area contributed by atoms with Gasteiger partial charge >= 0.3 is 0 Å². The number of aromatic nitrogens is 1. The summed E-state index contributed by atoms with van der Waals surface area (Å²) in [6, 6.07) is 3.80. The second-order valence-corrected chi connectivity index (χ2v) is 3.28. The Hall–Kier alpha value is -1.42. The lowest BCUT2D eigenvalue weighted by atomic mass is 10.2. The summed E-state index contributed by atoms with van der Waals surface area (Å²) in [5, 5.41) is 2.93. The van der Waals surface area contributed by atoms with E-state index in [1.54, 1.807) is 6.20 Å². The molecule has 2 aromatic rings. The van der Waals surface area contributed by atoms with Crippen LogP contribution in [0, 0.1) is 0 Å². The van der Waals surface area contributed by atoms with Crippen LogP contribution in [0.3, 0.4) is 0 Å². The Labute approximate surface area is 72.8 Å². The molecule has 4 heteroatoms. The predicted molar refractivity (Wildman–Crippen MR) is 48.1 cm³/mol. The summed E-state index contributed by atoms with van der Waals surface area (Å²) in [7, 11) is 0. The molecule has 12 heavy (non-hydrogen) atoms. The van der Waals surface area contributed by atoms with E-state index in [-0.39, 0.29) is 0 Å². The van der Waals surface area contributed by atoms with Gasteiger partial charge in [-0.3, -0.25) is 4.79 Å². The normalized spacial score (nSPS) is 10.3. The molecule has 2 N–H and O–H groups in total. The molecule has 2 aromatic heterocycles. The Morgan fingerprint density at radius 3 is 3.08 bits per heavy atom. The zero-order chi connectivity index (χ0) is 8.55.